The van der Waals surface area contributed by atoms with Gasteiger partial charge in [-0.25, -0.2) is 23.3 Å². The number of benzene rings is 2. The summed E-state index contributed by atoms with van der Waals surface area (Å²) in [5.41, 5.74) is 4.76. The van der Waals surface area contributed by atoms with E-state index < -0.39 is 17.7 Å². The molecule has 0 bridgehead atoms. The number of hydrogen-bond donors (Lipinski definition) is 2. The van der Waals surface area contributed by atoms with Crippen molar-refractivity contribution >= 4 is 34.8 Å². The number of amides is 2. The molecule has 8 rings (SSSR count). The first-order valence-electron chi connectivity index (χ1n) is 18.0. The number of rotatable bonds is 9. The number of imide groups is 1. The van der Waals surface area contributed by atoms with E-state index in [2.05, 4.69) is 43.5 Å². The predicted molar refractivity (Wildman–Crippen MR) is 195 cm³/mol. The lowest BCUT2D eigenvalue weighted by atomic mass is 10.0. The third-order valence-corrected chi connectivity index (χ3v) is 10.7. The SMILES string of the molecule is CN(Cc1ccccc1NC1CCC(=O)NC1=O)C1CCN(c2cccc(-c3cnn4ccc(N5CCC[C@@H]5c5ccc(F)cc5F)nc34)n2)CC1. The van der Waals surface area contributed by atoms with E-state index in [0.717, 1.165) is 92.1 Å². The van der Waals surface area contributed by atoms with Gasteiger partial charge in [-0.15, -0.1) is 0 Å². The number of piperidine rings is 2. The van der Waals surface area contributed by atoms with Gasteiger partial charge in [0.2, 0.25) is 11.8 Å². The minimum absolute atomic E-state index is 0.221. The van der Waals surface area contributed by atoms with Gasteiger partial charge in [-0.3, -0.25) is 19.8 Å². The lowest BCUT2D eigenvalue weighted by Gasteiger charge is -2.37. The summed E-state index contributed by atoms with van der Waals surface area (Å²) in [6.45, 7) is 3.17. The molecule has 1 unspecified atom stereocenters. The maximum Gasteiger partial charge on any atom is 0.249 e. The molecule has 0 spiro atoms. The molecule has 3 fully saturated rings. The summed E-state index contributed by atoms with van der Waals surface area (Å²) in [6.07, 6.45) is 8.05. The molecule has 3 saturated heterocycles. The van der Waals surface area contributed by atoms with Gasteiger partial charge in [-0.05, 0) is 75.0 Å². The summed E-state index contributed by atoms with van der Waals surface area (Å²) in [7, 11) is 2.15. The standard InChI is InChI=1S/C39H41F2N9O2/c1-47(24-25-6-2-3-7-31(25)43-33-13-14-37(51)46-39(33)52)27-15-19-48(20-16-27)35-10-4-8-32(44-35)29-23-42-50-21-17-36(45-38(29)50)49-18-5-9-34(49)28-12-11-26(40)22-30(28)41/h2-4,6-8,10-12,17,21-23,27,33-34,43H,5,9,13-16,18-20,24H2,1H3,(H,46,51,52)/t33?,34-/m1/s1. The van der Waals surface area contributed by atoms with Crippen molar-refractivity contribution in [2.45, 2.75) is 63.2 Å². The quantitative estimate of drug-likeness (QED) is 0.186. The largest absolute Gasteiger partial charge is 0.373 e. The number of nitrogens with zero attached hydrogens (tertiary/aromatic N) is 7. The summed E-state index contributed by atoms with van der Waals surface area (Å²) in [5.74, 6) is 0.00600. The van der Waals surface area contributed by atoms with Gasteiger partial charge in [0.25, 0.3) is 0 Å². The van der Waals surface area contributed by atoms with Gasteiger partial charge >= 0.3 is 0 Å². The Morgan fingerprint density at radius 3 is 2.60 bits per heavy atom. The fraction of sp³-hybridized carbons (Fsp3) is 0.359. The molecule has 13 heteroatoms. The number of carbonyl (C=O) groups is 2. The van der Waals surface area contributed by atoms with Crippen LogP contribution in [0.4, 0.5) is 26.1 Å². The Labute approximate surface area is 300 Å². The number of halogens is 2. The average molecular weight is 706 g/mol. The zero-order valence-corrected chi connectivity index (χ0v) is 29.0. The van der Waals surface area contributed by atoms with Crippen LogP contribution in [0.25, 0.3) is 16.9 Å². The van der Waals surface area contributed by atoms with Crippen molar-refractivity contribution in [2.24, 2.45) is 0 Å². The zero-order valence-electron chi connectivity index (χ0n) is 29.0. The van der Waals surface area contributed by atoms with E-state index in [-0.39, 0.29) is 17.9 Å². The molecule has 3 aromatic heterocycles. The molecular formula is C39H41F2N9O2. The Bertz CT molecular complexity index is 2110. The summed E-state index contributed by atoms with van der Waals surface area (Å²) in [6, 6.07) is 19.5. The Balaban J connectivity index is 0.938. The molecule has 2 N–H and O–H groups in total. The van der Waals surface area contributed by atoms with Crippen molar-refractivity contribution in [3.8, 4) is 11.3 Å². The highest BCUT2D eigenvalue weighted by atomic mass is 19.1. The van der Waals surface area contributed by atoms with Crippen molar-refractivity contribution in [2.75, 3.05) is 41.8 Å². The van der Waals surface area contributed by atoms with Gasteiger partial charge in [0.1, 0.15) is 29.3 Å². The average Bonchev–Trinajstić information content (AvgIpc) is 3.81. The van der Waals surface area contributed by atoms with Crippen molar-refractivity contribution in [1.29, 1.82) is 0 Å². The highest BCUT2D eigenvalue weighted by Crippen LogP contribution is 2.37. The summed E-state index contributed by atoms with van der Waals surface area (Å²) < 4.78 is 30.2. The molecule has 52 heavy (non-hydrogen) atoms. The van der Waals surface area contributed by atoms with E-state index in [1.165, 1.54) is 12.1 Å². The second-order valence-corrected chi connectivity index (χ2v) is 13.9. The number of aromatic nitrogens is 4. The maximum atomic E-state index is 14.8. The topological polar surface area (TPSA) is 111 Å². The fourth-order valence-corrected chi connectivity index (χ4v) is 7.84. The lowest BCUT2D eigenvalue weighted by Crippen LogP contribution is -2.47. The Hall–Kier alpha value is -5.43. The Morgan fingerprint density at radius 1 is 0.923 bits per heavy atom. The summed E-state index contributed by atoms with van der Waals surface area (Å²) in [4.78, 5) is 40.8. The van der Waals surface area contributed by atoms with E-state index in [4.69, 9.17) is 9.97 Å². The van der Waals surface area contributed by atoms with Crippen LogP contribution in [-0.2, 0) is 16.1 Å². The normalized spacial score (nSPS) is 19.8. The van der Waals surface area contributed by atoms with Gasteiger partial charge in [-0.1, -0.05) is 30.3 Å². The van der Waals surface area contributed by atoms with Crippen LogP contribution >= 0.6 is 0 Å². The molecule has 268 valence electrons. The number of pyridine rings is 1. The van der Waals surface area contributed by atoms with Crippen LogP contribution in [0.2, 0.25) is 0 Å². The highest BCUT2D eigenvalue weighted by molar-refractivity contribution is 6.01. The van der Waals surface area contributed by atoms with Crippen LogP contribution in [0.15, 0.2) is 79.1 Å². The van der Waals surface area contributed by atoms with Gasteiger partial charge in [0.05, 0.1) is 23.5 Å². The Morgan fingerprint density at radius 2 is 1.77 bits per heavy atom. The van der Waals surface area contributed by atoms with Crippen LogP contribution in [0.3, 0.4) is 0 Å². The molecule has 2 amide bonds. The summed E-state index contributed by atoms with van der Waals surface area (Å²) >= 11 is 0. The lowest BCUT2D eigenvalue weighted by molar-refractivity contribution is -0.133. The van der Waals surface area contributed by atoms with Crippen molar-refractivity contribution < 1.29 is 18.4 Å². The number of para-hydroxylation sites is 1. The highest BCUT2D eigenvalue weighted by Gasteiger charge is 2.31. The van der Waals surface area contributed by atoms with Gasteiger partial charge in [0.15, 0.2) is 5.65 Å². The fourth-order valence-electron chi connectivity index (χ4n) is 7.84. The first kappa shape index (κ1) is 33.7. The zero-order chi connectivity index (χ0) is 35.8. The van der Waals surface area contributed by atoms with E-state index in [9.17, 15) is 18.4 Å². The number of carbonyl (C=O) groups excluding carboxylic acids is 2. The van der Waals surface area contributed by atoms with Gasteiger partial charge in [-0.2, -0.15) is 5.10 Å². The van der Waals surface area contributed by atoms with Crippen LogP contribution < -0.4 is 20.4 Å². The summed E-state index contributed by atoms with van der Waals surface area (Å²) in [5, 5.41) is 10.4. The Kier molecular flexibility index (Phi) is 9.27. The third-order valence-electron chi connectivity index (χ3n) is 10.7. The van der Waals surface area contributed by atoms with E-state index in [0.29, 0.717) is 30.1 Å². The number of fused-ring (bicyclic) bond motifs is 1. The molecule has 0 saturated carbocycles. The second kappa shape index (κ2) is 14.3. The third kappa shape index (κ3) is 6.80. The second-order valence-electron chi connectivity index (χ2n) is 13.9. The molecule has 5 aromatic rings. The van der Waals surface area contributed by atoms with E-state index >= 15 is 0 Å². The molecule has 11 nitrogen and oxygen atoms in total. The van der Waals surface area contributed by atoms with Crippen LogP contribution in [0.5, 0.6) is 0 Å². The molecule has 6 heterocycles. The van der Waals surface area contributed by atoms with E-state index in [1.54, 1.807) is 10.7 Å². The first-order chi connectivity index (χ1) is 25.3. The van der Waals surface area contributed by atoms with Crippen LogP contribution in [0.1, 0.15) is 55.7 Å². The first-order valence-corrected chi connectivity index (χ1v) is 18.0. The van der Waals surface area contributed by atoms with Crippen LogP contribution in [-0.4, -0.2) is 75.1 Å². The van der Waals surface area contributed by atoms with Gasteiger partial charge in [0, 0.05) is 62.2 Å². The monoisotopic (exact) mass is 705 g/mol. The molecule has 0 radical (unpaired) electrons. The smallest absolute Gasteiger partial charge is 0.249 e. The molecule has 3 aliphatic heterocycles. The molecule has 2 atom stereocenters. The van der Waals surface area contributed by atoms with Crippen molar-refractivity contribution in [3.05, 3.63) is 102 Å². The minimum Gasteiger partial charge on any atom is -0.373 e. The molecular weight excluding hydrogens is 664 g/mol. The molecule has 2 aromatic carbocycles. The van der Waals surface area contributed by atoms with Crippen molar-refractivity contribution in [1.82, 2.24) is 29.8 Å². The number of anilines is 3. The van der Waals surface area contributed by atoms with Crippen molar-refractivity contribution in [3.63, 3.8) is 0 Å². The van der Waals surface area contributed by atoms with Crippen LogP contribution in [0, 0.1) is 11.6 Å². The number of nitrogens with one attached hydrogen (secondary N) is 2. The minimum atomic E-state index is -0.583. The van der Waals surface area contributed by atoms with Gasteiger partial charge < -0.3 is 15.1 Å². The van der Waals surface area contributed by atoms with E-state index in [1.807, 2.05) is 48.7 Å². The predicted octanol–water partition coefficient (Wildman–Crippen LogP) is 5.73. The maximum absolute atomic E-state index is 14.8. The number of hydrogen-bond acceptors (Lipinski definition) is 9. The molecule has 3 aliphatic rings. The molecule has 0 aliphatic carbocycles.